The van der Waals surface area contributed by atoms with Gasteiger partial charge in [-0.25, -0.2) is 0 Å². The number of hydrogen-bond donors (Lipinski definition) is 1. The van der Waals surface area contributed by atoms with Gasteiger partial charge in [0.1, 0.15) is 0 Å². The van der Waals surface area contributed by atoms with Crippen molar-refractivity contribution >= 4 is 5.91 Å². The van der Waals surface area contributed by atoms with Gasteiger partial charge in [0.05, 0.1) is 24.7 Å². The van der Waals surface area contributed by atoms with Crippen molar-refractivity contribution in [2.45, 2.75) is 18.7 Å². The zero-order chi connectivity index (χ0) is 15.5. The number of carbonyl (C=O) groups is 1. The van der Waals surface area contributed by atoms with E-state index in [-0.39, 0.29) is 18.4 Å². The first-order valence-corrected chi connectivity index (χ1v) is 6.65. The molecule has 1 aliphatic rings. The highest BCUT2D eigenvalue weighted by atomic mass is 19.4. The Balaban J connectivity index is 1.96. The molecule has 1 heterocycles. The maximum absolute atomic E-state index is 12.5. The van der Waals surface area contributed by atoms with Crippen LogP contribution >= 0.6 is 0 Å². The number of benzene rings is 1. The Bertz CT molecular complexity index is 488. The van der Waals surface area contributed by atoms with Crippen LogP contribution in [-0.4, -0.2) is 43.2 Å². The van der Waals surface area contributed by atoms with Gasteiger partial charge in [-0.3, -0.25) is 4.79 Å². The quantitative estimate of drug-likeness (QED) is 0.919. The molecule has 116 valence electrons. The van der Waals surface area contributed by atoms with Crippen LogP contribution in [0.3, 0.4) is 0 Å². The zero-order valence-electron chi connectivity index (χ0n) is 11.4. The lowest BCUT2D eigenvalue weighted by molar-refractivity contribution is -0.137. The van der Waals surface area contributed by atoms with Crippen molar-refractivity contribution in [2.24, 2.45) is 5.73 Å². The molecule has 1 amide bonds. The van der Waals surface area contributed by atoms with Crippen LogP contribution in [0.15, 0.2) is 24.3 Å². The first-order valence-electron chi connectivity index (χ1n) is 6.65. The largest absolute Gasteiger partial charge is 0.416 e. The number of rotatable bonds is 3. The minimum Gasteiger partial charge on any atom is -0.373 e. The third-order valence-electron chi connectivity index (χ3n) is 3.39. The minimum atomic E-state index is -4.36. The van der Waals surface area contributed by atoms with E-state index in [4.69, 9.17) is 10.5 Å². The summed E-state index contributed by atoms with van der Waals surface area (Å²) in [5.41, 5.74) is 5.35. The molecule has 1 atom stereocenters. The van der Waals surface area contributed by atoms with E-state index < -0.39 is 11.7 Å². The van der Waals surface area contributed by atoms with Crippen LogP contribution in [0.4, 0.5) is 13.2 Å². The van der Waals surface area contributed by atoms with Gasteiger partial charge in [0.2, 0.25) is 5.91 Å². The Kier molecular flexibility index (Phi) is 4.84. The number of nitrogens with two attached hydrogens (primary N) is 1. The summed E-state index contributed by atoms with van der Waals surface area (Å²) in [6, 6.07) is 4.65. The van der Waals surface area contributed by atoms with Crippen molar-refractivity contribution in [1.82, 2.24) is 4.90 Å². The zero-order valence-corrected chi connectivity index (χ0v) is 11.4. The van der Waals surface area contributed by atoms with Gasteiger partial charge in [0, 0.05) is 19.6 Å². The van der Waals surface area contributed by atoms with Crippen LogP contribution in [0.1, 0.15) is 11.1 Å². The monoisotopic (exact) mass is 302 g/mol. The molecule has 0 radical (unpaired) electrons. The molecular formula is C14H17F3N2O2. The maximum Gasteiger partial charge on any atom is 0.416 e. The lowest BCUT2D eigenvalue weighted by Crippen LogP contribution is -2.48. The van der Waals surface area contributed by atoms with Crippen LogP contribution in [0.2, 0.25) is 0 Å². The number of nitrogens with zero attached hydrogens (tertiary/aromatic N) is 1. The van der Waals surface area contributed by atoms with E-state index in [1.807, 2.05) is 0 Å². The highest BCUT2D eigenvalue weighted by Crippen LogP contribution is 2.29. The van der Waals surface area contributed by atoms with Crippen LogP contribution in [0.25, 0.3) is 0 Å². The number of ether oxygens (including phenoxy) is 1. The summed E-state index contributed by atoms with van der Waals surface area (Å²) in [7, 11) is 0. The second kappa shape index (κ2) is 6.44. The molecule has 1 aliphatic heterocycles. The number of morpholine rings is 1. The minimum absolute atomic E-state index is 0.0788. The topological polar surface area (TPSA) is 55.6 Å². The van der Waals surface area contributed by atoms with E-state index in [0.29, 0.717) is 31.8 Å². The molecule has 2 N–H and O–H groups in total. The van der Waals surface area contributed by atoms with E-state index >= 15 is 0 Å². The van der Waals surface area contributed by atoms with Gasteiger partial charge in [0.15, 0.2) is 0 Å². The van der Waals surface area contributed by atoms with Gasteiger partial charge in [-0.05, 0) is 17.7 Å². The van der Waals surface area contributed by atoms with Gasteiger partial charge in [-0.1, -0.05) is 12.1 Å². The van der Waals surface area contributed by atoms with Gasteiger partial charge in [0.25, 0.3) is 0 Å². The Labute approximate surface area is 120 Å². The molecule has 0 aromatic heterocycles. The Morgan fingerprint density at radius 2 is 2.00 bits per heavy atom. The van der Waals surface area contributed by atoms with Crippen LogP contribution in [-0.2, 0) is 22.1 Å². The van der Waals surface area contributed by atoms with Gasteiger partial charge >= 0.3 is 6.18 Å². The van der Waals surface area contributed by atoms with Gasteiger partial charge < -0.3 is 15.4 Å². The first kappa shape index (κ1) is 15.8. The highest BCUT2D eigenvalue weighted by Gasteiger charge is 2.30. The summed E-state index contributed by atoms with van der Waals surface area (Å²) in [5.74, 6) is -0.128. The summed E-state index contributed by atoms with van der Waals surface area (Å²) in [5, 5.41) is 0. The van der Waals surface area contributed by atoms with E-state index in [1.165, 1.54) is 12.1 Å². The standard InChI is InChI=1S/C14H17F3N2O2/c15-14(16,17)11-3-1-10(2-4-11)7-13(20)19-5-6-21-12(8-18)9-19/h1-4,12H,5-9,18H2. The first-order chi connectivity index (χ1) is 9.90. The number of carbonyl (C=O) groups excluding carboxylic acids is 1. The van der Waals surface area contributed by atoms with E-state index in [0.717, 1.165) is 12.1 Å². The molecule has 1 saturated heterocycles. The fourth-order valence-electron chi connectivity index (χ4n) is 2.19. The normalized spacial score (nSPS) is 19.6. The van der Waals surface area contributed by atoms with E-state index in [1.54, 1.807) is 4.90 Å². The third kappa shape index (κ3) is 4.18. The summed E-state index contributed by atoms with van der Waals surface area (Å²) in [6.07, 6.45) is -4.45. The van der Waals surface area contributed by atoms with Crippen molar-refractivity contribution in [1.29, 1.82) is 0 Å². The molecule has 0 spiro atoms. The molecule has 4 nitrogen and oxygen atoms in total. The molecule has 1 fully saturated rings. The molecule has 1 unspecified atom stereocenters. The molecule has 0 aliphatic carbocycles. The van der Waals surface area contributed by atoms with E-state index in [9.17, 15) is 18.0 Å². The van der Waals surface area contributed by atoms with Crippen LogP contribution in [0, 0.1) is 0 Å². The molecule has 7 heteroatoms. The maximum atomic E-state index is 12.5. The smallest absolute Gasteiger partial charge is 0.373 e. The average molecular weight is 302 g/mol. The molecule has 1 aromatic carbocycles. The predicted molar refractivity (Wildman–Crippen MR) is 70.5 cm³/mol. The molecular weight excluding hydrogens is 285 g/mol. The molecule has 0 bridgehead atoms. The van der Waals surface area contributed by atoms with Crippen molar-refractivity contribution < 1.29 is 22.7 Å². The fraction of sp³-hybridized carbons (Fsp3) is 0.500. The number of alkyl halides is 3. The highest BCUT2D eigenvalue weighted by molar-refractivity contribution is 5.78. The van der Waals surface area contributed by atoms with E-state index in [2.05, 4.69) is 0 Å². The molecule has 21 heavy (non-hydrogen) atoms. The average Bonchev–Trinajstić information content (AvgIpc) is 2.47. The van der Waals surface area contributed by atoms with Gasteiger partial charge in [-0.2, -0.15) is 13.2 Å². The number of halogens is 3. The summed E-state index contributed by atoms with van der Waals surface area (Å²) in [6.45, 7) is 1.68. The van der Waals surface area contributed by atoms with Crippen molar-refractivity contribution in [2.75, 3.05) is 26.2 Å². The SMILES string of the molecule is NCC1CN(C(=O)Cc2ccc(C(F)(F)F)cc2)CCO1. The van der Waals surface area contributed by atoms with Crippen molar-refractivity contribution in [3.8, 4) is 0 Å². The summed E-state index contributed by atoms with van der Waals surface area (Å²) >= 11 is 0. The predicted octanol–water partition coefficient (Wildman–Crippen LogP) is 1.43. The van der Waals surface area contributed by atoms with Crippen molar-refractivity contribution in [3.05, 3.63) is 35.4 Å². The molecule has 2 rings (SSSR count). The second-order valence-corrected chi connectivity index (χ2v) is 4.94. The van der Waals surface area contributed by atoms with Crippen LogP contribution in [0.5, 0.6) is 0 Å². The molecule has 0 saturated carbocycles. The lowest BCUT2D eigenvalue weighted by Gasteiger charge is -2.32. The fourth-order valence-corrected chi connectivity index (χ4v) is 2.19. The van der Waals surface area contributed by atoms with Crippen molar-refractivity contribution in [3.63, 3.8) is 0 Å². The Morgan fingerprint density at radius 1 is 1.33 bits per heavy atom. The summed E-state index contributed by atoms with van der Waals surface area (Å²) < 4.78 is 42.7. The van der Waals surface area contributed by atoms with Crippen LogP contribution < -0.4 is 5.73 Å². The van der Waals surface area contributed by atoms with Gasteiger partial charge in [-0.15, -0.1) is 0 Å². The number of amides is 1. The second-order valence-electron chi connectivity index (χ2n) is 4.94. The lowest BCUT2D eigenvalue weighted by atomic mass is 10.1. The Morgan fingerprint density at radius 3 is 2.57 bits per heavy atom. The molecule has 1 aromatic rings. The third-order valence-corrected chi connectivity index (χ3v) is 3.39. The number of hydrogen-bond acceptors (Lipinski definition) is 3. The Hall–Kier alpha value is -1.60. The summed E-state index contributed by atoms with van der Waals surface area (Å²) in [4.78, 5) is 13.8.